The lowest BCUT2D eigenvalue weighted by atomic mass is 9.89. The molecule has 0 bridgehead atoms. The Labute approximate surface area is 131 Å². The predicted octanol–water partition coefficient (Wildman–Crippen LogP) is 1.94. The number of hydrogen-bond acceptors (Lipinski definition) is 3. The summed E-state index contributed by atoms with van der Waals surface area (Å²) in [4.78, 5) is 6.53. The maximum absolute atomic E-state index is 5.07. The van der Waals surface area contributed by atoms with Crippen LogP contribution in [0.2, 0.25) is 0 Å². The quantitative estimate of drug-likeness (QED) is 0.505. The van der Waals surface area contributed by atoms with Crippen LogP contribution >= 0.6 is 0 Å². The third-order valence-corrected chi connectivity index (χ3v) is 3.40. The highest BCUT2D eigenvalue weighted by Gasteiger charge is 2.13. The average Bonchev–Trinajstić information content (AvgIpc) is 2.41. The van der Waals surface area contributed by atoms with Crippen LogP contribution in [-0.4, -0.2) is 64.3 Å². The lowest BCUT2D eigenvalue weighted by Crippen LogP contribution is -2.44. The van der Waals surface area contributed by atoms with Crippen molar-refractivity contribution in [3.8, 4) is 0 Å². The highest BCUT2D eigenvalue weighted by Crippen LogP contribution is 2.21. The highest BCUT2D eigenvalue weighted by molar-refractivity contribution is 5.79. The fraction of sp³-hybridized carbons (Fsp3) is 0.938. The molecular weight excluding hydrogens is 264 g/mol. The van der Waals surface area contributed by atoms with Crippen LogP contribution in [0.1, 0.15) is 40.5 Å². The number of aliphatic imine (C=N–C) groups is 1. The second-order valence-electron chi connectivity index (χ2n) is 6.94. The third-order valence-electron chi connectivity index (χ3n) is 3.40. The Bertz CT molecular complexity index is 286. The van der Waals surface area contributed by atoms with Crippen LogP contribution in [-0.2, 0) is 4.74 Å². The molecule has 0 aromatic heterocycles. The van der Waals surface area contributed by atoms with Gasteiger partial charge < -0.3 is 20.3 Å². The van der Waals surface area contributed by atoms with Gasteiger partial charge in [0.05, 0.1) is 6.61 Å². The Hall–Kier alpha value is -0.810. The molecule has 0 heterocycles. The molecule has 0 saturated carbocycles. The summed E-state index contributed by atoms with van der Waals surface area (Å²) in [5.74, 6) is 0.886. The summed E-state index contributed by atoms with van der Waals surface area (Å²) in [6, 6.07) is 0.432. The van der Waals surface area contributed by atoms with Crippen molar-refractivity contribution in [2.45, 2.75) is 46.6 Å². The van der Waals surface area contributed by atoms with E-state index in [4.69, 9.17) is 4.74 Å². The number of nitrogens with one attached hydrogen (secondary N) is 2. The van der Waals surface area contributed by atoms with Crippen molar-refractivity contribution in [2.75, 3.05) is 47.4 Å². The molecular formula is C16H36N4O. The molecule has 0 spiro atoms. The summed E-state index contributed by atoms with van der Waals surface area (Å²) in [6.07, 6.45) is 2.36. The zero-order chi connectivity index (χ0) is 16.3. The number of nitrogens with zero attached hydrogens (tertiary/aromatic N) is 2. The number of ether oxygens (including phenoxy) is 1. The van der Waals surface area contributed by atoms with Crippen LogP contribution in [0.3, 0.4) is 0 Å². The number of likely N-dealkylation sites (N-methyl/N-ethyl adjacent to an activating group) is 1. The largest absolute Gasteiger partial charge is 0.383 e. The molecule has 0 saturated heterocycles. The Balaban J connectivity index is 3.90. The normalized spacial score (nSPS) is 14.4. The maximum atomic E-state index is 5.07. The summed E-state index contributed by atoms with van der Waals surface area (Å²) in [6.45, 7) is 12.6. The lowest BCUT2D eigenvalue weighted by Gasteiger charge is -2.23. The van der Waals surface area contributed by atoms with E-state index in [0.717, 1.165) is 38.6 Å². The number of methoxy groups -OCH3 is 1. The van der Waals surface area contributed by atoms with Gasteiger partial charge in [0.15, 0.2) is 5.96 Å². The molecule has 5 nitrogen and oxygen atoms in total. The topological polar surface area (TPSA) is 48.9 Å². The first-order valence-corrected chi connectivity index (χ1v) is 7.93. The van der Waals surface area contributed by atoms with Crippen LogP contribution < -0.4 is 10.6 Å². The van der Waals surface area contributed by atoms with Gasteiger partial charge in [0.25, 0.3) is 0 Å². The van der Waals surface area contributed by atoms with Crippen LogP contribution in [0.15, 0.2) is 4.99 Å². The SMILES string of the molecule is CN=C(NCCN(C)CCOC)NC(C)CCC(C)(C)C. The first-order chi connectivity index (χ1) is 9.78. The van der Waals surface area contributed by atoms with E-state index in [0.29, 0.717) is 11.5 Å². The highest BCUT2D eigenvalue weighted by atomic mass is 16.5. The summed E-state index contributed by atoms with van der Waals surface area (Å²) < 4.78 is 5.07. The van der Waals surface area contributed by atoms with Crippen molar-refractivity contribution in [3.05, 3.63) is 0 Å². The van der Waals surface area contributed by atoms with E-state index in [9.17, 15) is 0 Å². The van der Waals surface area contributed by atoms with Gasteiger partial charge in [-0.1, -0.05) is 20.8 Å². The van der Waals surface area contributed by atoms with Crippen molar-refractivity contribution in [3.63, 3.8) is 0 Å². The predicted molar refractivity (Wildman–Crippen MR) is 92.0 cm³/mol. The molecule has 0 aromatic rings. The Morgan fingerprint density at radius 2 is 1.95 bits per heavy atom. The second-order valence-corrected chi connectivity index (χ2v) is 6.94. The molecule has 0 aliphatic heterocycles. The van der Waals surface area contributed by atoms with Crippen LogP contribution in [0, 0.1) is 5.41 Å². The minimum absolute atomic E-state index is 0.386. The van der Waals surface area contributed by atoms with Crippen LogP contribution in [0.4, 0.5) is 0 Å². The van der Waals surface area contributed by atoms with Crippen molar-refractivity contribution in [1.82, 2.24) is 15.5 Å². The van der Waals surface area contributed by atoms with E-state index in [1.54, 1.807) is 7.11 Å². The van der Waals surface area contributed by atoms with Gasteiger partial charge in [-0.2, -0.15) is 0 Å². The first kappa shape index (κ1) is 20.2. The smallest absolute Gasteiger partial charge is 0.191 e. The summed E-state index contributed by atoms with van der Waals surface area (Å²) in [5.41, 5.74) is 0.386. The van der Waals surface area contributed by atoms with Crippen molar-refractivity contribution < 1.29 is 4.74 Å². The monoisotopic (exact) mass is 300 g/mol. The van der Waals surface area contributed by atoms with Crippen molar-refractivity contribution in [1.29, 1.82) is 0 Å². The Kier molecular flexibility index (Phi) is 10.4. The third kappa shape index (κ3) is 12.6. The van der Waals surface area contributed by atoms with E-state index < -0.39 is 0 Å². The van der Waals surface area contributed by atoms with Gasteiger partial charge >= 0.3 is 0 Å². The van der Waals surface area contributed by atoms with Crippen LogP contribution in [0.25, 0.3) is 0 Å². The first-order valence-electron chi connectivity index (χ1n) is 7.93. The van der Waals surface area contributed by atoms with E-state index in [1.807, 2.05) is 7.05 Å². The fourth-order valence-corrected chi connectivity index (χ4v) is 1.87. The van der Waals surface area contributed by atoms with Gasteiger partial charge in [0.2, 0.25) is 0 Å². The number of rotatable bonds is 9. The van der Waals surface area contributed by atoms with Gasteiger partial charge in [-0.25, -0.2) is 0 Å². The maximum Gasteiger partial charge on any atom is 0.191 e. The van der Waals surface area contributed by atoms with E-state index >= 15 is 0 Å². The van der Waals surface area contributed by atoms with Gasteiger partial charge in [-0.15, -0.1) is 0 Å². The van der Waals surface area contributed by atoms with Gasteiger partial charge in [0, 0.05) is 39.8 Å². The standard InChI is InChI=1S/C16H36N4O/c1-14(8-9-16(2,3)4)19-15(17-5)18-10-11-20(6)12-13-21-7/h14H,8-13H2,1-7H3,(H2,17,18,19). The molecule has 2 N–H and O–H groups in total. The molecule has 1 unspecified atom stereocenters. The molecule has 0 rings (SSSR count). The van der Waals surface area contributed by atoms with Gasteiger partial charge in [0.1, 0.15) is 0 Å². The van der Waals surface area contributed by atoms with E-state index in [2.05, 4.69) is 55.3 Å². The van der Waals surface area contributed by atoms with E-state index in [1.165, 1.54) is 6.42 Å². The molecule has 21 heavy (non-hydrogen) atoms. The van der Waals surface area contributed by atoms with Gasteiger partial charge in [-0.3, -0.25) is 4.99 Å². The molecule has 1 atom stereocenters. The lowest BCUT2D eigenvalue weighted by molar-refractivity contribution is 0.162. The average molecular weight is 300 g/mol. The molecule has 0 amide bonds. The molecule has 5 heteroatoms. The second kappa shape index (κ2) is 10.9. The summed E-state index contributed by atoms with van der Waals surface area (Å²) in [5, 5.41) is 6.81. The van der Waals surface area contributed by atoms with Crippen molar-refractivity contribution >= 4 is 5.96 Å². The molecule has 0 aliphatic carbocycles. The number of hydrogen-bond donors (Lipinski definition) is 2. The molecule has 0 aromatic carbocycles. The molecule has 0 fully saturated rings. The Morgan fingerprint density at radius 1 is 1.29 bits per heavy atom. The molecule has 0 aliphatic rings. The van der Waals surface area contributed by atoms with E-state index in [-0.39, 0.29) is 0 Å². The summed E-state index contributed by atoms with van der Waals surface area (Å²) in [7, 11) is 5.65. The zero-order valence-electron chi connectivity index (χ0n) is 15.1. The fourth-order valence-electron chi connectivity index (χ4n) is 1.87. The summed E-state index contributed by atoms with van der Waals surface area (Å²) >= 11 is 0. The minimum atomic E-state index is 0.386. The molecule has 0 radical (unpaired) electrons. The van der Waals surface area contributed by atoms with Gasteiger partial charge in [-0.05, 0) is 32.2 Å². The zero-order valence-corrected chi connectivity index (χ0v) is 15.1. The molecule has 126 valence electrons. The number of guanidine groups is 1. The van der Waals surface area contributed by atoms with Crippen LogP contribution in [0.5, 0.6) is 0 Å². The Morgan fingerprint density at radius 3 is 2.48 bits per heavy atom. The van der Waals surface area contributed by atoms with Crippen molar-refractivity contribution in [2.24, 2.45) is 10.4 Å². The minimum Gasteiger partial charge on any atom is -0.383 e.